The Morgan fingerprint density at radius 2 is 2.05 bits per heavy atom. The maximum Gasteiger partial charge on any atom is 0.178 e. The van der Waals surface area contributed by atoms with E-state index in [2.05, 4.69) is 32.0 Å². The van der Waals surface area contributed by atoms with E-state index in [4.69, 9.17) is 0 Å². The zero-order chi connectivity index (χ0) is 13.9. The number of nitrogens with zero attached hydrogens (tertiary/aromatic N) is 1. The number of likely N-dealkylation sites (N-methyl/N-ethyl adjacent to an activating group) is 1. The Kier molecular flexibility index (Phi) is 4.83. The normalized spacial score (nSPS) is 32.8. The van der Waals surface area contributed by atoms with Gasteiger partial charge in [-0.2, -0.15) is 0 Å². The molecule has 0 heterocycles. The minimum atomic E-state index is -0.214. The molecule has 0 aromatic carbocycles. The van der Waals surface area contributed by atoms with E-state index in [9.17, 15) is 4.79 Å². The van der Waals surface area contributed by atoms with Crippen LogP contribution in [0.15, 0.2) is 11.6 Å². The first-order valence-electron chi connectivity index (χ1n) is 7.97. The molecule has 1 saturated carbocycles. The summed E-state index contributed by atoms with van der Waals surface area (Å²) in [5, 5.41) is 0. The van der Waals surface area contributed by atoms with Crippen molar-refractivity contribution in [2.75, 3.05) is 14.1 Å². The molecule has 2 aliphatic rings. The monoisotopic (exact) mass is 263 g/mol. The van der Waals surface area contributed by atoms with E-state index >= 15 is 0 Å². The predicted octanol–water partition coefficient (Wildman–Crippen LogP) is 3.96. The van der Waals surface area contributed by atoms with Gasteiger partial charge in [-0.3, -0.25) is 9.69 Å². The van der Waals surface area contributed by atoms with E-state index in [1.54, 1.807) is 0 Å². The number of Topliss-reactive ketones (excluding diaryl/α,β-unsaturated/α-hetero) is 1. The minimum Gasteiger partial charge on any atom is -0.297 e. The van der Waals surface area contributed by atoms with E-state index in [1.165, 1.54) is 32.1 Å². The molecule has 0 aromatic rings. The van der Waals surface area contributed by atoms with Crippen molar-refractivity contribution in [2.24, 2.45) is 5.92 Å². The van der Waals surface area contributed by atoms with Gasteiger partial charge < -0.3 is 0 Å². The number of carbonyl (C=O) groups is 1. The Hall–Kier alpha value is -0.630. The Labute approximate surface area is 118 Å². The van der Waals surface area contributed by atoms with Gasteiger partial charge in [0.1, 0.15) is 0 Å². The SMILES string of the molecule is CC1CCCC(C(=O)C2=CCCCCC2)(N(C)C)C1. The molecule has 0 spiro atoms. The Morgan fingerprint density at radius 1 is 1.26 bits per heavy atom. The van der Waals surface area contributed by atoms with Gasteiger partial charge in [0.2, 0.25) is 0 Å². The highest BCUT2D eigenvalue weighted by molar-refractivity contribution is 6.02. The Bertz CT molecular complexity index is 358. The van der Waals surface area contributed by atoms with Crippen LogP contribution in [0.1, 0.15) is 64.7 Å². The van der Waals surface area contributed by atoms with Crippen LogP contribution >= 0.6 is 0 Å². The van der Waals surface area contributed by atoms with E-state index in [-0.39, 0.29) is 5.54 Å². The van der Waals surface area contributed by atoms with Gasteiger partial charge in [-0.25, -0.2) is 0 Å². The van der Waals surface area contributed by atoms with Gasteiger partial charge in [-0.1, -0.05) is 32.3 Å². The average Bonchev–Trinajstić information content (AvgIpc) is 2.66. The summed E-state index contributed by atoms with van der Waals surface area (Å²) in [7, 11) is 4.18. The topological polar surface area (TPSA) is 20.3 Å². The lowest BCUT2D eigenvalue weighted by Crippen LogP contribution is -2.54. The fourth-order valence-corrected chi connectivity index (χ4v) is 3.86. The quantitative estimate of drug-likeness (QED) is 0.768. The first kappa shape index (κ1) is 14.8. The van der Waals surface area contributed by atoms with Crippen molar-refractivity contribution in [2.45, 2.75) is 70.3 Å². The Morgan fingerprint density at radius 3 is 2.74 bits per heavy atom. The van der Waals surface area contributed by atoms with Gasteiger partial charge in [-0.05, 0) is 64.1 Å². The third-order valence-corrected chi connectivity index (χ3v) is 5.08. The summed E-state index contributed by atoms with van der Waals surface area (Å²) in [6, 6.07) is 0. The number of hydrogen-bond acceptors (Lipinski definition) is 2. The van der Waals surface area contributed by atoms with Crippen LogP contribution in [0.5, 0.6) is 0 Å². The van der Waals surface area contributed by atoms with Crippen molar-refractivity contribution >= 4 is 5.78 Å². The van der Waals surface area contributed by atoms with E-state index in [0.717, 1.165) is 31.3 Å². The number of carbonyl (C=O) groups excluding carboxylic acids is 1. The molecule has 0 aliphatic heterocycles. The highest BCUT2D eigenvalue weighted by atomic mass is 16.1. The van der Waals surface area contributed by atoms with Crippen LogP contribution in [0, 0.1) is 5.92 Å². The third-order valence-electron chi connectivity index (χ3n) is 5.08. The number of allylic oxidation sites excluding steroid dienone is 1. The highest BCUT2D eigenvalue weighted by Gasteiger charge is 2.44. The second-order valence-corrected chi connectivity index (χ2v) is 6.79. The van der Waals surface area contributed by atoms with E-state index < -0.39 is 0 Å². The molecule has 2 aliphatic carbocycles. The second kappa shape index (κ2) is 6.21. The fourth-order valence-electron chi connectivity index (χ4n) is 3.86. The highest BCUT2D eigenvalue weighted by Crippen LogP contribution is 2.39. The van der Waals surface area contributed by atoms with Crippen molar-refractivity contribution < 1.29 is 4.79 Å². The molecule has 19 heavy (non-hydrogen) atoms. The van der Waals surface area contributed by atoms with Crippen LogP contribution in [0.2, 0.25) is 0 Å². The molecule has 2 unspecified atom stereocenters. The molecule has 0 aromatic heterocycles. The summed E-state index contributed by atoms with van der Waals surface area (Å²) in [6.07, 6.45) is 12.6. The lowest BCUT2D eigenvalue weighted by molar-refractivity contribution is -0.129. The molecule has 1 fully saturated rings. The zero-order valence-electron chi connectivity index (χ0n) is 12.9. The maximum absolute atomic E-state index is 13.1. The first-order valence-corrected chi connectivity index (χ1v) is 7.97. The Balaban J connectivity index is 2.23. The molecule has 2 heteroatoms. The predicted molar refractivity (Wildman–Crippen MR) is 80.2 cm³/mol. The molecule has 0 saturated heterocycles. The van der Waals surface area contributed by atoms with E-state index in [1.807, 2.05) is 0 Å². The van der Waals surface area contributed by atoms with Gasteiger partial charge in [0.05, 0.1) is 5.54 Å². The van der Waals surface area contributed by atoms with Gasteiger partial charge in [0.15, 0.2) is 5.78 Å². The summed E-state index contributed by atoms with van der Waals surface area (Å²) in [4.78, 5) is 15.3. The van der Waals surface area contributed by atoms with Crippen LogP contribution in [0.25, 0.3) is 0 Å². The summed E-state index contributed by atoms with van der Waals surface area (Å²) in [5.41, 5.74) is 0.911. The average molecular weight is 263 g/mol. The third kappa shape index (κ3) is 3.10. The number of ketones is 1. The van der Waals surface area contributed by atoms with Gasteiger partial charge in [0.25, 0.3) is 0 Å². The van der Waals surface area contributed by atoms with Gasteiger partial charge in [0, 0.05) is 0 Å². The van der Waals surface area contributed by atoms with Crippen molar-refractivity contribution in [3.63, 3.8) is 0 Å². The fraction of sp³-hybridized carbons (Fsp3) is 0.824. The van der Waals surface area contributed by atoms with Gasteiger partial charge in [-0.15, -0.1) is 0 Å². The molecular weight excluding hydrogens is 234 g/mol. The molecular formula is C17H29NO. The summed E-state index contributed by atoms with van der Waals surface area (Å²) in [6.45, 7) is 2.30. The van der Waals surface area contributed by atoms with Crippen LogP contribution in [-0.4, -0.2) is 30.3 Å². The minimum absolute atomic E-state index is 0.214. The maximum atomic E-state index is 13.1. The number of hydrogen-bond donors (Lipinski definition) is 0. The molecule has 0 N–H and O–H groups in total. The van der Waals surface area contributed by atoms with Crippen LogP contribution < -0.4 is 0 Å². The molecule has 0 bridgehead atoms. The van der Waals surface area contributed by atoms with Crippen LogP contribution in [-0.2, 0) is 4.79 Å². The van der Waals surface area contributed by atoms with Crippen LogP contribution in [0.3, 0.4) is 0 Å². The largest absolute Gasteiger partial charge is 0.297 e. The lowest BCUT2D eigenvalue weighted by atomic mass is 9.71. The van der Waals surface area contributed by atoms with Gasteiger partial charge >= 0.3 is 0 Å². The summed E-state index contributed by atoms with van der Waals surface area (Å²) in [5.74, 6) is 1.11. The van der Waals surface area contributed by atoms with Crippen molar-refractivity contribution in [3.05, 3.63) is 11.6 Å². The van der Waals surface area contributed by atoms with Crippen LogP contribution in [0.4, 0.5) is 0 Å². The molecule has 0 amide bonds. The molecule has 2 nitrogen and oxygen atoms in total. The molecule has 0 radical (unpaired) electrons. The van der Waals surface area contributed by atoms with E-state index in [0.29, 0.717) is 11.7 Å². The zero-order valence-corrected chi connectivity index (χ0v) is 12.9. The van der Waals surface area contributed by atoms with Crippen molar-refractivity contribution in [3.8, 4) is 0 Å². The number of rotatable bonds is 3. The molecule has 108 valence electrons. The standard InChI is InChI=1S/C17H29NO/c1-14-9-8-12-17(13-14,18(2)3)16(19)15-10-6-4-5-7-11-15/h10,14H,4-9,11-13H2,1-3H3. The smallest absolute Gasteiger partial charge is 0.178 e. The molecule has 2 rings (SSSR count). The lowest BCUT2D eigenvalue weighted by Gasteiger charge is -2.44. The first-order chi connectivity index (χ1) is 9.06. The van der Waals surface area contributed by atoms with Crippen molar-refractivity contribution in [1.82, 2.24) is 4.90 Å². The van der Waals surface area contributed by atoms with Crippen molar-refractivity contribution in [1.29, 1.82) is 0 Å². The second-order valence-electron chi connectivity index (χ2n) is 6.79. The summed E-state index contributed by atoms with van der Waals surface area (Å²) >= 11 is 0. The molecule has 2 atom stereocenters. The summed E-state index contributed by atoms with van der Waals surface area (Å²) < 4.78 is 0.